The molecule has 0 amide bonds. The summed E-state index contributed by atoms with van der Waals surface area (Å²) < 4.78 is 15.9. The van der Waals surface area contributed by atoms with Crippen molar-refractivity contribution in [2.45, 2.75) is 40.0 Å². The predicted molar refractivity (Wildman–Crippen MR) is 70.8 cm³/mol. The normalized spacial score (nSPS) is 14.4. The third-order valence-electron chi connectivity index (χ3n) is 2.86. The maximum atomic E-state index is 11.0. The topological polar surface area (TPSA) is 46.5 Å². The van der Waals surface area contributed by atoms with Gasteiger partial charge in [-0.2, -0.15) is 0 Å². The molecule has 0 aliphatic rings. The minimum atomic E-state index is -4.00. The summed E-state index contributed by atoms with van der Waals surface area (Å²) in [5.41, 5.74) is 3.22. The largest absolute Gasteiger partial charge is 0.474 e. The second kappa shape index (κ2) is 5.90. The van der Waals surface area contributed by atoms with Crippen molar-refractivity contribution in [1.82, 2.24) is 0 Å². The number of aryl methyl sites for hydroxylation is 1. The lowest BCUT2D eigenvalue weighted by Crippen LogP contribution is -1.96. The van der Waals surface area contributed by atoms with E-state index >= 15 is 0 Å². The van der Waals surface area contributed by atoms with E-state index in [0.29, 0.717) is 5.75 Å². The van der Waals surface area contributed by atoms with E-state index in [1.165, 1.54) is 5.56 Å². The van der Waals surface area contributed by atoms with Crippen LogP contribution >= 0.6 is 18.2 Å². The molecule has 0 bridgehead atoms. The fraction of sp³-hybridized carbons (Fsp3) is 0.500. The van der Waals surface area contributed by atoms with E-state index < -0.39 is 6.95 Å². The molecule has 1 atom stereocenters. The van der Waals surface area contributed by atoms with Gasteiger partial charge < -0.3 is 9.42 Å². The number of unbranched alkanes of at least 4 members (excludes halogenated alkanes) is 1. The van der Waals surface area contributed by atoms with Crippen LogP contribution in [0.1, 0.15) is 36.5 Å². The van der Waals surface area contributed by atoms with Crippen molar-refractivity contribution in [3.8, 4) is 5.75 Å². The monoisotopic (exact) mass is 276 g/mol. The molecule has 17 heavy (non-hydrogen) atoms. The SMILES string of the molecule is CCCCc1ccc(OP(=O)(O)Cl)c(C)c1C. The first-order chi connectivity index (χ1) is 7.85. The lowest BCUT2D eigenvalue weighted by molar-refractivity contribution is 0.399. The first-order valence-electron chi connectivity index (χ1n) is 5.66. The van der Waals surface area contributed by atoms with Crippen molar-refractivity contribution in [3.63, 3.8) is 0 Å². The van der Waals surface area contributed by atoms with Crippen LogP contribution in [0.5, 0.6) is 5.75 Å². The maximum Gasteiger partial charge on any atom is 0.474 e. The van der Waals surface area contributed by atoms with Gasteiger partial charge in [-0.25, -0.2) is 4.57 Å². The van der Waals surface area contributed by atoms with E-state index in [-0.39, 0.29) is 0 Å². The summed E-state index contributed by atoms with van der Waals surface area (Å²) in [6.45, 7) is 2.01. The van der Waals surface area contributed by atoms with Crippen LogP contribution in [-0.2, 0) is 11.0 Å². The predicted octanol–water partition coefficient (Wildman–Crippen LogP) is 4.36. The van der Waals surface area contributed by atoms with Crippen LogP contribution in [0.4, 0.5) is 0 Å². The highest BCUT2D eigenvalue weighted by Gasteiger charge is 2.18. The Morgan fingerprint density at radius 1 is 1.35 bits per heavy atom. The highest BCUT2D eigenvalue weighted by Crippen LogP contribution is 2.48. The minimum Gasteiger partial charge on any atom is -0.413 e. The summed E-state index contributed by atoms with van der Waals surface area (Å²) >= 11 is 5.20. The molecule has 0 spiro atoms. The summed E-state index contributed by atoms with van der Waals surface area (Å²) in [5, 5.41) is 0. The van der Waals surface area contributed by atoms with E-state index in [4.69, 9.17) is 20.7 Å². The lowest BCUT2D eigenvalue weighted by atomic mass is 9.98. The van der Waals surface area contributed by atoms with Gasteiger partial charge in [0.15, 0.2) is 0 Å². The van der Waals surface area contributed by atoms with Gasteiger partial charge in [-0.3, -0.25) is 0 Å². The summed E-state index contributed by atoms with van der Waals surface area (Å²) in [6, 6.07) is 3.64. The Morgan fingerprint density at radius 3 is 2.53 bits per heavy atom. The standard InChI is InChI=1S/C12H18ClO3P/c1-4-5-6-11-7-8-12(10(3)9(11)2)16-17(13,14)15/h7-8H,4-6H2,1-3H3,(H,14,15). The summed E-state index contributed by atoms with van der Waals surface area (Å²) in [7, 11) is 0. The Bertz CT molecular complexity index is 440. The molecular formula is C12H18ClO3P. The van der Waals surface area contributed by atoms with Crippen LogP contribution in [0.15, 0.2) is 12.1 Å². The molecule has 0 aliphatic carbocycles. The number of benzene rings is 1. The summed E-state index contributed by atoms with van der Waals surface area (Å²) in [6.07, 6.45) is 3.29. The Balaban J connectivity index is 2.98. The summed E-state index contributed by atoms with van der Waals surface area (Å²) in [4.78, 5) is 9.00. The Hall–Kier alpha value is -0.500. The molecule has 0 aromatic heterocycles. The summed E-state index contributed by atoms with van der Waals surface area (Å²) in [5.74, 6) is 0.378. The van der Waals surface area contributed by atoms with E-state index in [9.17, 15) is 4.57 Å². The number of hydrogen-bond donors (Lipinski definition) is 1. The van der Waals surface area contributed by atoms with Gasteiger partial charge in [-0.1, -0.05) is 19.4 Å². The molecule has 96 valence electrons. The molecule has 0 saturated carbocycles. The zero-order valence-electron chi connectivity index (χ0n) is 10.4. The fourth-order valence-electron chi connectivity index (χ4n) is 1.71. The Kier molecular flexibility index (Phi) is 5.05. The van der Waals surface area contributed by atoms with Crippen LogP contribution in [-0.4, -0.2) is 4.89 Å². The second-order valence-corrected chi connectivity index (χ2v) is 6.49. The van der Waals surface area contributed by atoms with E-state index in [1.807, 2.05) is 19.9 Å². The van der Waals surface area contributed by atoms with E-state index in [2.05, 4.69) is 6.92 Å². The van der Waals surface area contributed by atoms with Crippen molar-refractivity contribution in [3.05, 3.63) is 28.8 Å². The second-order valence-electron chi connectivity index (χ2n) is 4.12. The molecule has 1 aromatic carbocycles. The molecule has 5 heteroatoms. The van der Waals surface area contributed by atoms with Gasteiger partial charge in [0.1, 0.15) is 5.75 Å². The average Bonchev–Trinajstić information content (AvgIpc) is 2.22. The van der Waals surface area contributed by atoms with Gasteiger partial charge in [0, 0.05) is 11.2 Å². The van der Waals surface area contributed by atoms with Crippen LogP contribution in [0.2, 0.25) is 0 Å². The molecule has 1 unspecified atom stereocenters. The van der Waals surface area contributed by atoms with E-state index in [0.717, 1.165) is 30.4 Å². The van der Waals surface area contributed by atoms with Gasteiger partial charge in [-0.05, 0) is 49.4 Å². The smallest absolute Gasteiger partial charge is 0.413 e. The van der Waals surface area contributed by atoms with Gasteiger partial charge >= 0.3 is 6.95 Å². The average molecular weight is 277 g/mol. The molecule has 1 rings (SSSR count). The third kappa shape index (κ3) is 4.34. The molecule has 1 aromatic rings. The van der Waals surface area contributed by atoms with Crippen LogP contribution in [0.3, 0.4) is 0 Å². The highest BCUT2D eigenvalue weighted by atomic mass is 35.7. The third-order valence-corrected chi connectivity index (χ3v) is 3.49. The molecular weight excluding hydrogens is 259 g/mol. The van der Waals surface area contributed by atoms with Gasteiger partial charge in [0.25, 0.3) is 0 Å². The quantitative estimate of drug-likeness (QED) is 0.813. The number of rotatable bonds is 5. The van der Waals surface area contributed by atoms with Crippen molar-refractivity contribution in [2.24, 2.45) is 0 Å². The molecule has 0 heterocycles. The molecule has 0 radical (unpaired) electrons. The van der Waals surface area contributed by atoms with Crippen LogP contribution in [0.25, 0.3) is 0 Å². The lowest BCUT2D eigenvalue weighted by Gasteiger charge is -2.14. The Labute approximate surface area is 107 Å². The van der Waals surface area contributed by atoms with Crippen LogP contribution < -0.4 is 4.52 Å². The number of hydrogen-bond acceptors (Lipinski definition) is 2. The molecule has 0 fully saturated rings. The fourth-order valence-corrected chi connectivity index (χ4v) is 2.37. The van der Waals surface area contributed by atoms with Crippen molar-refractivity contribution >= 4 is 18.2 Å². The number of halogens is 1. The maximum absolute atomic E-state index is 11.0. The van der Waals surface area contributed by atoms with Crippen LogP contribution in [0, 0.1) is 13.8 Å². The minimum absolute atomic E-state index is 0.378. The molecule has 0 saturated heterocycles. The van der Waals surface area contributed by atoms with Gasteiger partial charge in [0.05, 0.1) is 0 Å². The highest BCUT2D eigenvalue weighted by molar-refractivity contribution is 7.80. The Morgan fingerprint density at radius 2 is 2.00 bits per heavy atom. The van der Waals surface area contributed by atoms with Gasteiger partial charge in [-0.15, -0.1) is 0 Å². The van der Waals surface area contributed by atoms with Gasteiger partial charge in [0.2, 0.25) is 0 Å². The molecule has 1 N–H and O–H groups in total. The zero-order valence-corrected chi connectivity index (χ0v) is 12.0. The van der Waals surface area contributed by atoms with E-state index in [1.54, 1.807) is 6.07 Å². The van der Waals surface area contributed by atoms with Crippen molar-refractivity contribution < 1.29 is 14.0 Å². The first-order valence-corrected chi connectivity index (χ1v) is 8.14. The van der Waals surface area contributed by atoms with Crippen molar-refractivity contribution in [1.29, 1.82) is 0 Å². The molecule has 3 nitrogen and oxygen atoms in total. The van der Waals surface area contributed by atoms with Crippen molar-refractivity contribution in [2.75, 3.05) is 0 Å². The first kappa shape index (κ1) is 14.6. The zero-order chi connectivity index (χ0) is 13.1. The molecule has 0 aliphatic heterocycles.